The van der Waals surface area contributed by atoms with Gasteiger partial charge in [0.2, 0.25) is 0 Å². The van der Waals surface area contributed by atoms with Crippen LogP contribution in [0.1, 0.15) is 29.1 Å². The molecule has 0 aliphatic rings. The standard InChI is InChI=1S/C10H13N3S2/c1-3-11-10(9-6-12-15-13-9)8-4-5-14-7(8)2/h4-6,10-11H,3H2,1-2H3. The minimum absolute atomic E-state index is 0.194. The quantitative estimate of drug-likeness (QED) is 0.891. The molecule has 1 unspecified atom stereocenters. The molecule has 5 heteroatoms. The lowest BCUT2D eigenvalue weighted by Gasteiger charge is -2.14. The number of nitrogens with one attached hydrogen (secondary N) is 1. The SMILES string of the molecule is CCNC(c1cnsn1)c1ccsc1C. The summed E-state index contributed by atoms with van der Waals surface area (Å²) in [6, 6.07) is 2.35. The highest BCUT2D eigenvalue weighted by atomic mass is 32.1. The van der Waals surface area contributed by atoms with E-state index in [1.165, 1.54) is 22.2 Å². The van der Waals surface area contributed by atoms with Crippen molar-refractivity contribution in [3.05, 3.63) is 33.8 Å². The van der Waals surface area contributed by atoms with Crippen molar-refractivity contribution < 1.29 is 0 Å². The van der Waals surface area contributed by atoms with E-state index in [-0.39, 0.29) is 6.04 Å². The summed E-state index contributed by atoms with van der Waals surface area (Å²) in [4.78, 5) is 1.34. The van der Waals surface area contributed by atoms with Gasteiger partial charge < -0.3 is 5.32 Å². The Morgan fingerprint density at radius 2 is 2.40 bits per heavy atom. The highest BCUT2D eigenvalue weighted by Gasteiger charge is 2.17. The Balaban J connectivity index is 2.32. The molecule has 2 heterocycles. The molecule has 80 valence electrons. The van der Waals surface area contributed by atoms with Gasteiger partial charge in [-0.05, 0) is 30.5 Å². The molecule has 0 bridgehead atoms. The molecule has 0 radical (unpaired) electrons. The smallest absolute Gasteiger partial charge is 0.0958 e. The maximum Gasteiger partial charge on any atom is 0.0958 e. The molecule has 0 aliphatic carbocycles. The van der Waals surface area contributed by atoms with Crippen LogP contribution in [0.2, 0.25) is 0 Å². The Kier molecular flexibility index (Phi) is 3.45. The van der Waals surface area contributed by atoms with Crippen molar-refractivity contribution in [1.29, 1.82) is 0 Å². The first-order chi connectivity index (χ1) is 7.33. The number of rotatable bonds is 4. The molecule has 0 amide bonds. The van der Waals surface area contributed by atoms with Crippen LogP contribution in [0.5, 0.6) is 0 Å². The number of aryl methyl sites for hydroxylation is 1. The van der Waals surface area contributed by atoms with Crippen molar-refractivity contribution in [3.63, 3.8) is 0 Å². The molecule has 2 aromatic heterocycles. The zero-order valence-corrected chi connectivity index (χ0v) is 10.4. The van der Waals surface area contributed by atoms with Gasteiger partial charge in [0.05, 0.1) is 29.7 Å². The van der Waals surface area contributed by atoms with Gasteiger partial charge in [-0.25, -0.2) is 0 Å². The Labute approximate surface area is 97.5 Å². The third-order valence-electron chi connectivity index (χ3n) is 2.29. The van der Waals surface area contributed by atoms with Crippen LogP contribution in [-0.4, -0.2) is 15.3 Å². The van der Waals surface area contributed by atoms with E-state index < -0.39 is 0 Å². The monoisotopic (exact) mass is 239 g/mol. The van der Waals surface area contributed by atoms with Gasteiger partial charge in [-0.15, -0.1) is 11.3 Å². The van der Waals surface area contributed by atoms with Crippen LogP contribution in [0.3, 0.4) is 0 Å². The van der Waals surface area contributed by atoms with E-state index in [0.29, 0.717) is 0 Å². The summed E-state index contributed by atoms with van der Waals surface area (Å²) >= 11 is 3.03. The topological polar surface area (TPSA) is 37.8 Å². The highest BCUT2D eigenvalue weighted by molar-refractivity contribution is 7.10. The van der Waals surface area contributed by atoms with Crippen molar-refractivity contribution in [2.24, 2.45) is 0 Å². The predicted octanol–water partition coefficient (Wildman–Crippen LogP) is 2.61. The predicted molar refractivity (Wildman–Crippen MR) is 64.5 cm³/mol. The molecular formula is C10H13N3S2. The summed E-state index contributed by atoms with van der Waals surface area (Å²) in [6.45, 7) is 5.18. The number of aromatic nitrogens is 2. The second-order valence-electron chi connectivity index (χ2n) is 3.26. The lowest BCUT2D eigenvalue weighted by Crippen LogP contribution is -2.22. The fourth-order valence-corrected chi connectivity index (χ4v) is 2.76. The second-order valence-corrected chi connectivity index (χ2v) is 4.93. The molecule has 2 rings (SSSR count). The van der Waals surface area contributed by atoms with E-state index in [1.807, 2.05) is 6.20 Å². The van der Waals surface area contributed by atoms with Crippen LogP contribution >= 0.6 is 23.1 Å². The molecule has 1 N–H and O–H groups in total. The molecule has 0 saturated heterocycles. The number of hydrogen-bond acceptors (Lipinski definition) is 5. The molecule has 0 saturated carbocycles. The van der Waals surface area contributed by atoms with Crippen molar-refractivity contribution in [1.82, 2.24) is 14.1 Å². The normalized spacial score (nSPS) is 12.9. The van der Waals surface area contributed by atoms with Crippen LogP contribution in [0.15, 0.2) is 17.6 Å². The maximum atomic E-state index is 4.30. The fraction of sp³-hybridized carbons (Fsp3) is 0.400. The Morgan fingerprint density at radius 1 is 1.53 bits per heavy atom. The van der Waals surface area contributed by atoms with Gasteiger partial charge in [0.1, 0.15) is 0 Å². The molecule has 3 nitrogen and oxygen atoms in total. The molecule has 2 aromatic rings. The van der Waals surface area contributed by atoms with Gasteiger partial charge in [-0.1, -0.05) is 6.92 Å². The van der Waals surface area contributed by atoms with Gasteiger partial charge in [0.15, 0.2) is 0 Å². The third-order valence-corrected chi connectivity index (χ3v) is 3.65. The molecule has 15 heavy (non-hydrogen) atoms. The van der Waals surface area contributed by atoms with Gasteiger partial charge in [-0.3, -0.25) is 0 Å². The summed E-state index contributed by atoms with van der Waals surface area (Å²) in [7, 11) is 0. The van der Waals surface area contributed by atoms with Crippen molar-refractivity contribution in [3.8, 4) is 0 Å². The molecular weight excluding hydrogens is 226 g/mol. The van der Waals surface area contributed by atoms with Gasteiger partial charge >= 0.3 is 0 Å². The zero-order valence-electron chi connectivity index (χ0n) is 8.73. The van der Waals surface area contributed by atoms with E-state index in [4.69, 9.17) is 0 Å². The summed E-state index contributed by atoms with van der Waals surface area (Å²) in [6.07, 6.45) is 1.84. The van der Waals surface area contributed by atoms with Crippen LogP contribution in [-0.2, 0) is 0 Å². The van der Waals surface area contributed by atoms with Crippen LogP contribution in [0.4, 0.5) is 0 Å². The van der Waals surface area contributed by atoms with E-state index in [2.05, 4.69) is 39.4 Å². The minimum atomic E-state index is 0.194. The highest BCUT2D eigenvalue weighted by Crippen LogP contribution is 2.27. The number of thiophene rings is 1. The van der Waals surface area contributed by atoms with E-state index >= 15 is 0 Å². The number of nitrogens with zero attached hydrogens (tertiary/aromatic N) is 2. The third kappa shape index (κ3) is 2.25. The average Bonchev–Trinajstić information content (AvgIpc) is 2.85. The lowest BCUT2D eigenvalue weighted by molar-refractivity contribution is 0.619. The average molecular weight is 239 g/mol. The Hall–Kier alpha value is -0.780. The minimum Gasteiger partial charge on any atom is -0.305 e. The van der Waals surface area contributed by atoms with Gasteiger partial charge in [-0.2, -0.15) is 8.75 Å². The maximum absolute atomic E-state index is 4.30. The first kappa shape index (κ1) is 10.7. The molecule has 0 aromatic carbocycles. The summed E-state index contributed by atoms with van der Waals surface area (Å²) in [5.41, 5.74) is 2.33. The molecule has 1 atom stereocenters. The van der Waals surface area contributed by atoms with Crippen LogP contribution in [0, 0.1) is 6.92 Å². The summed E-state index contributed by atoms with van der Waals surface area (Å²) in [5, 5.41) is 5.56. The van der Waals surface area contributed by atoms with Crippen molar-refractivity contribution >= 4 is 23.1 Å². The first-order valence-electron chi connectivity index (χ1n) is 4.87. The van der Waals surface area contributed by atoms with Gasteiger partial charge in [0, 0.05) is 4.88 Å². The van der Waals surface area contributed by atoms with E-state index in [0.717, 1.165) is 12.2 Å². The van der Waals surface area contributed by atoms with Crippen LogP contribution < -0.4 is 5.32 Å². The lowest BCUT2D eigenvalue weighted by atomic mass is 10.1. The number of hydrogen-bond donors (Lipinski definition) is 1. The Morgan fingerprint density at radius 3 is 2.93 bits per heavy atom. The Bertz CT molecular complexity index is 408. The van der Waals surface area contributed by atoms with Crippen LogP contribution in [0.25, 0.3) is 0 Å². The van der Waals surface area contributed by atoms with E-state index in [9.17, 15) is 0 Å². The summed E-state index contributed by atoms with van der Waals surface area (Å²) in [5.74, 6) is 0. The first-order valence-corrected chi connectivity index (χ1v) is 6.48. The molecule has 0 spiro atoms. The van der Waals surface area contributed by atoms with Gasteiger partial charge in [0.25, 0.3) is 0 Å². The van der Waals surface area contributed by atoms with Crippen molar-refractivity contribution in [2.45, 2.75) is 19.9 Å². The largest absolute Gasteiger partial charge is 0.305 e. The zero-order chi connectivity index (χ0) is 10.7. The van der Waals surface area contributed by atoms with Crippen molar-refractivity contribution in [2.75, 3.05) is 6.54 Å². The molecule has 0 aliphatic heterocycles. The van der Waals surface area contributed by atoms with E-state index in [1.54, 1.807) is 11.3 Å². The fourth-order valence-electron chi connectivity index (χ4n) is 1.57. The second kappa shape index (κ2) is 4.83. The summed E-state index contributed by atoms with van der Waals surface area (Å²) < 4.78 is 8.36. The molecule has 0 fully saturated rings.